The second-order valence-corrected chi connectivity index (χ2v) is 5.71. The first-order valence-electron chi connectivity index (χ1n) is 7.51. The Hall–Kier alpha value is -1.01. The molecule has 1 heterocycles. The Bertz CT molecular complexity index is 430. The van der Waals surface area contributed by atoms with Crippen LogP contribution in [-0.4, -0.2) is 54.1 Å². The summed E-state index contributed by atoms with van der Waals surface area (Å²) in [4.78, 5) is 2.15. The van der Waals surface area contributed by atoms with Gasteiger partial charge < -0.3 is 19.8 Å². The van der Waals surface area contributed by atoms with Crippen molar-refractivity contribution in [1.29, 1.82) is 0 Å². The number of halogens is 1. The van der Waals surface area contributed by atoms with E-state index in [1.165, 1.54) is 6.07 Å². The van der Waals surface area contributed by atoms with Crippen molar-refractivity contribution in [3.63, 3.8) is 0 Å². The summed E-state index contributed by atoms with van der Waals surface area (Å²) in [6, 6.07) is 6.48. The molecule has 118 valence electrons. The van der Waals surface area contributed by atoms with Gasteiger partial charge in [-0.3, -0.25) is 0 Å². The third-order valence-corrected chi connectivity index (χ3v) is 3.86. The minimum atomic E-state index is -0.589. The van der Waals surface area contributed by atoms with Gasteiger partial charge in [0.15, 0.2) is 0 Å². The fourth-order valence-corrected chi connectivity index (χ4v) is 2.74. The molecule has 0 bridgehead atoms. The topological polar surface area (TPSA) is 52.9 Å². The number of nitrogens with zero attached hydrogens (tertiary/aromatic N) is 1. The van der Waals surface area contributed by atoms with Crippen LogP contribution in [0.2, 0.25) is 0 Å². The van der Waals surface area contributed by atoms with Crippen molar-refractivity contribution >= 4 is 0 Å². The summed E-state index contributed by atoms with van der Waals surface area (Å²) in [6.07, 6.45) is 1.51. The zero-order valence-corrected chi connectivity index (χ0v) is 12.2. The number of piperidine rings is 1. The third-order valence-electron chi connectivity index (χ3n) is 3.86. The molecule has 0 saturated carbocycles. The van der Waals surface area contributed by atoms with Crippen molar-refractivity contribution < 1.29 is 19.3 Å². The van der Waals surface area contributed by atoms with Crippen molar-refractivity contribution in [1.82, 2.24) is 4.90 Å². The van der Waals surface area contributed by atoms with E-state index in [0.29, 0.717) is 18.0 Å². The summed E-state index contributed by atoms with van der Waals surface area (Å²) in [5.74, 6) is 0.0269. The molecule has 1 aliphatic heterocycles. The van der Waals surface area contributed by atoms with Crippen LogP contribution in [0.5, 0.6) is 0 Å². The highest BCUT2D eigenvalue weighted by Gasteiger charge is 2.21. The lowest BCUT2D eigenvalue weighted by Crippen LogP contribution is -2.42. The van der Waals surface area contributed by atoms with Gasteiger partial charge in [0, 0.05) is 25.3 Å². The molecule has 5 heteroatoms. The Morgan fingerprint density at radius 2 is 2.19 bits per heavy atom. The zero-order valence-electron chi connectivity index (χ0n) is 12.2. The zero-order chi connectivity index (χ0) is 15.1. The predicted molar refractivity (Wildman–Crippen MR) is 78.3 cm³/mol. The summed E-state index contributed by atoms with van der Waals surface area (Å²) < 4.78 is 18.8. The van der Waals surface area contributed by atoms with Gasteiger partial charge in [0.1, 0.15) is 5.82 Å². The summed E-state index contributed by atoms with van der Waals surface area (Å²) in [5.41, 5.74) is 0.503. The van der Waals surface area contributed by atoms with Crippen molar-refractivity contribution in [3.05, 3.63) is 35.6 Å². The van der Waals surface area contributed by atoms with Crippen molar-refractivity contribution in [3.8, 4) is 0 Å². The molecule has 2 N–H and O–H groups in total. The van der Waals surface area contributed by atoms with E-state index in [2.05, 4.69) is 4.90 Å². The minimum Gasteiger partial charge on any atom is -0.396 e. The summed E-state index contributed by atoms with van der Waals surface area (Å²) in [6.45, 7) is 2.86. The average molecular weight is 297 g/mol. The van der Waals surface area contributed by atoms with E-state index in [-0.39, 0.29) is 25.6 Å². The molecule has 21 heavy (non-hydrogen) atoms. The fourth-order valence-electron chi connectivity index (χ4n) is 2.74. The highest BCUT2D eigenvalue weighted by atomic mass is 19.1. The maximum absolute atomic E-state index is 13.4. The lowest BCUT2D eigenvalue weighted by atomic mass is 9.99. The molecule has 0 amide bonds. The molecular weight excluding hydrogens is 273 g/mol. The number of likely N-dealkylation sites (tertiary alicyclic amines) is 1. The Balaban J connectivity index is 1.68. The van der Waals surface area contributed by atoms with Crippen LogP contribution in [0.25, 0.3) is 0 Å². The maximum Gasteiger partial charge on any atom is 0.128 e. The van der Waals surface area contributed by atoms with E-state index in [4.69, 9.17) is 4.74 Å². The van der Waals surface area contributed by atoms with Crippen molar-refractivity contribution in [2.45, 2.75) is 25.6 Å². The number of benzene rings is 1. The number of ether oxygens (including phenoxy) is 1. The molecule has 0 radical (unpaired) electrons. The van der Waals surface area contributed by atoms with Crippen molar-refractivity contribution in [2.24, 2.45) is 5.92 Å². The second-order valence-electron chi connectivity index (χ2n) is 5.71. The first-order valence-corrected chi connectivity index (χ1v) is 7.51. The fraction of sp³-hybridized carbons (Fsp3) is 0.625. The molecule has 1 aliphatic rings. The van der Waals surface area contributed by atoms with E-state index in [1.54, 1.807) is 18.2 Å². The molecule has 1 aromatic rings. The second kappa shape index (κ2) is 8.44. The summed E-state index contributed by atoms with van der Waals surface area (Å²) in [5, 5.41) is 19.2. The van der Waals surface area contributed by atoms with E-state index in [0.717, 1.165) is 25.9 Å². The number of aliphatic hydroxyl groups excluding tert-OH is 2. The molecule has 0 aliphatic carbocycles. The van der Waals surface area contributed by atoms with Crippen LogP contribution in [0.1, 0.15) is 18.4 Å². The largest absolute Gasteiger partial charge is 0.396 e. The number of aliphatic hydroxyl groups is 2. The molecule has 0 spiro atoms. The van der Waals surface area contributed by atoms with Crippen LogP contribution in [0.15, 0.2) is 24.3 Å². The van der Waals surface area contributed by atoms with Crippen molar-refractivity contribution in [2.75, 3.05) is 32.8 Å². The van der Waals surface area contributed by atoms with E-state index in [9.17, 15) is 14.6 Å². The van der Waals surface area contributed by atoms with Crippen LogP contribution in [0.4, 0.5) is 4.39 Å². The van der Waals surface area contributed by atoms with Gasteiger partial charge in [0.25, 0.3) is 0 Å². The average Bonchev–Trinajstić information content (AvgIpc) is 2.49. The molecule has 2 rings (SSSR count). The van der Waals surface area contributed by atoms with Crippen LogP contribution < -0.4 is 0 Å². The third kappa shape index (κ3) is 5.36. The van der Waals surface area contributed by atoms with Crippen LogP contribution in [0.3, 0.4) is 0 Å². The van der Waals surface area contributed by atoms with Gasteiger partial charge in [-0.1, -0.05) is 18.2 Å². The lowest BCUT2D eigenvalue weighted by Gasteiger charge is -2.33. The van der Waals surface area contributed by atoms with E-state index < -0.39 is 6.10 Å². The lowest BCUT2D eigenvalue weighted by molar-refractivity contribution is -0.000496. The molecule has 4 nitrogen and oxygen atoms in total. The van der Waals surface area contributed by atoms with Gasteiger partial charge in [-0.25, -0.2) is 4.39 Å². The molecule has 0 aromatic heterocycles. The van der Waals surface area contributed by atoms with Gasteiger partial charge in [0.05, 0.1) is 19.3 Å². The number of hydrogen-bond acceptors (Lipinski definition) is 4. The van der Waals surface area contributed by atoms with Gasteiger partial charge in [-0.2, -0.15) is 0 Å². The van der Waals surface area contributed by atoms with E-state index in [1.807, 2.05) is 0 Å². The summed E-state index contributed by atoms with van der Waals surface area (Å²) in [7, 11) is 0. The molecule has 2 unspecified atom stereocenters. The van der Waals surface area contributed by atoms with E-state index >= 15 is 0 Å². The Kier molecular flexibility index (Phi) is 6.57. The molecule has 1 aromatic carbocycles. The quantitative estimate of drug-likeness (QED) is 0.799. The highest BCUT2D eigenvalue weighted by Crippen LogP contribution is 2.16. The van der Waals surface area contributed by atoms with Gasteiger partial charge in [-0.05, 0) is 31.4 Å². The molecular formula is C16H24FNO3. The maximum atomic E-state index is 13.4. The number of rotatable bonds is 7. The number of hydrogen-bond donors (Lipinski definition) is 2. The smallest absolute Gasteiger partial charge is 0.128 e. The van der Waals surface area contributed by atoms with Crippen LogP contribution in [-0.2, 0) is 11.3 Å². The minimum absolute atomic E-state index is 0.170. The summed E-state index contributed by atoms with van der Waals surface area (Å²) >= 11 is 0. The monoisotopic (exact) mass is 297 g/mol. The SMILES string of the molecule is OCC1CCCN(CC(O)COCc2ccccc2F)C1. The highest BCUT2D eigenvalue weighted by molar-refractivity contribution is 5.16. The number of β-amino-alcohol motifs (C(OH)–C–C–N with tert-alkyl or cyclic N) is 1. The standard InChI is InChI=1S/C16H24FNO3/c17-16-6-2-1-5-14(16)11-21-12-15(20)9-18-7-3-4-13(8-18)10-19/h1-2,5-6,13,15,19-20H,3-4,7-12H2. The normalized spacial score (nSPS) is 21.4. The Labute approximate surface area is 125 Å². The Morgan fingerprint density at radius 3 is 2.95 bits per heavy atom. The Morgan fingerprint density at radius 1 is 1.38 bits per heavy atom. The first kappa shape index (κ1) is 16.4. The van der Waals surface area contributed by atoms with Crippen LogP contribution in [0, 0.1) is 11.7 Å². The molecule has 2 atom stereocenters. The van der Waals surface area contributed by atoms with Gasteiger partial charge in [-0.15, -0.1) is 0 Å². The van der Waals surface area contributed by atoms with Crippen LogP contribution >= 0.6 is 0 Å². The molecule has 1 saturated heterocycles. The predicted octanol–water partition coefficient (Wildman–Crippen LogP) is 1.41. The first-order chi connectivity index (χ1) is 10.2. The van der Waals surface area contributed by atoms with Gasteiger partial charge >= 0.3 is 0 Å². The molecule has 1 fully saturated rings. The van der Waals surface area contributed by atoms with Gasteiger partial charge in [0.2, 0.25) is 0 Å².